The Morgan fingerprint density at radius 3 is 2.93 bits per heavy atom. The van der Waals surface area contributed by atoms with Crippen molar-refractivity contribution in [3.63, 3.8) is 0 Å². The molecule has 0 saturated heterocycles. The summed E-state index contributed by atoms with van der Waals surface area (Å²) in [6.07, 6.45) is 1.81. The smallest absolute Gasteiger partial charge is 0.255 e. The first kappa shape index (κ1) is 11.6. The molecule has 15 heavy (non-hydrogen) atoms. The number of halogens is 1. The lowest BCUT2D eigenvalue weighted by molar-refractivity contribution is 0.261. The van der Waals surface area contributed by atoms with Gasteiger partial charge >= 0.3 is 0 Å². The number of hydrogen-bond donors (Lipinski definition) is 1. The summed E-state index contributed by atoms with van der Waals surface area (Å²) in [5.74, 6) is -0.658. The summed E-state index contributed by atoms with van der Waals surface area (Å²) in [4.78, 5) is 9.17. The minimum Gasteiger partial charge on any atom is -0.475 e. The van der Waals surface area contributed by atoms with Gasteiger partial charge in [0.25, 0.3) is 5.88 Å². The second-order valence-corrected chi connectivity index (χ2v) is 3.39. The van der Waals surface area contributed by atoms with Gasteiger partial charge in [0.15, 0.2) is 0 Å². The van der Waals surface area contributed by atoms with Crippen LogP contribution in [0.5, 0.6) is 5.88 Å². The minimum absolute atomic E-state index is 0.0130. The van der Waals surface area contributed by atoms with Gasteiger partial charge in [-0.1, -0.05) is 0 Å². The van der Waals surface area contributed by atoms with Crippen molar-refractivity contribution in [2.45, 2.75) is 6.42 Å². The lowest BCUT2D eigenvalue weighted by Gasteiger charge is -2.10. The molecule has 6 heteroatoms. The molecule has 0 amide bonds. The van der Waals surface area contributed by atoms with Crippen molar-refractivity contribution in [1.82, 2.24) is 14.9 Å². The van der Waals surface area contributed by atoms with E-state index in [0.29, 0.717) is 6.61 Å². The van der Waals surface area contributed by atoms with Gasteiger partial charge < -0.3 is 15.4 Å². The van der Waals surface area contributed by atoms with Gasteiger partial charge in [-0.25, -0.2) is 4.98 Å². The zero-order chi connectivity index (χ0) is 11.3. The molecular formula is C9H15FN4O. The minimum atomic E-state index is -0.589. The molecule has 0 saturated carbocycles. The van der Waals surface area contributed by atoms with Crippen LogP contribution in [0.3, 0.4) is 0 Å². The molecule has 0 aromatic carbocycles. The molecule has 1 aromatic heterocycles. The fraction of sp³-hybridized carbons (Fsp3) is 0.556. The van der Waals surface area contributed by atoms with Crippen molar-refractivity contribution in [1.29, 1.82) is 0 Å². The van der Waals surface area contributed by atoms with Crippen LogP contribution in [0.4, 0.5) is 10.3 Å². The van der Waals surface area contributed by atoms with E-state index in [1.807, 2.05) is 19.0 Å². The van der Waals surface area contributed by atoms with Crippen molar-refractivity contribution in [3.8, 4) is 5.88 Å². The molecular weight excluding hydrogens is 199 g/mol. The number of nitrogen functional groups attached to an aromatic ring is 1. The first-order chi connectivity index (χ1) is 7.09. The van der Waals surface area contributed by atoms with Gasteiger partial charge in [-0.3, -0.25) is 0 Å². The highest BCUT2D eigenvalue weighted by atomic mass is 19.1. The SMILES string of the molecule is CN(C)CCCOc1nc(N)ncc1F. The van der Waals surface area contributed by atoms with E-state index in [0.717, 1.165) is 19.2 Å². The predicted octanol–water partition coefficient (Wildman–Crippen LogP) is 0.528. The van der Waals surface area contributed by atoms with E-state index in [9.17, 15) is 4.39 Å². The van der Waals surface area contributed by atoms with Gasteiger partial charge in [0.05, 0.1) is 12.8 Å². The van der Waals surface area contributed by atoms with Crippen molar-refractivity contribution in [2.24, 2.45) is 0 Å². The molecule has 0 aliphatic rings. The van der Waals surface area contributed by atoms with Gasteiger partial charge in [0.2, 0.25) is 11.8 Å². The Balaban J connectivity index is 2.40. The molecule has 0 spiro atoms. The van der Waals surface area contributed by atoms with Gasteiger partial charge in [0, 0.05) is 6.54 Å². The van der Waals surface area contributed by atoms with Crippen LogP contribution in [0.2, 0.25) is 0 Å². The van der Waals surface area contributed by atoms with Crippen molar-refractivity contribution in [3.05, 3.63) is 12.0 Å². The molecule has 1 aromatic rings. The topological polar surface area (TPSA) is 64.3 Å². The van der Waals surface area contributed by atoms with Crippen LogP contribution < -0.4 is 10.5 Å². The predicted molar refractivity (Wildman–Crippen MR) is 55.1 cm³/mol. The van der Waals surface area contributed by atoms with E-state index in [1.54, 1.807) is 0 Å². The summed E-state index contributed by atoms with van der Waals surface area (Å²) >= 11 is 0. The number of rotatable bonds is 5. The van der Waals surface area contributed by atoms with Gasteiger partial charge in [-0.15, -0.1) is 0 Å². The normalized spacial score (nSPS) is 10.7. The second kappa shape index (κ2) is 5.45. The highest BCUT2D eigenvalue weighted by molar-refractivity contribution is 5.22. The maximum Gasteiger partial charge on any atom is 0.255 e. The summed E-state index contributed by atoms with van der Waals surface area (Å²) in [6.45, 7) is 1.29. The maximum atomic E-state index is 13.0. The molecule has 84 valence electrons. The number of anilines is 1. The van der Waals surface area contributed by atoms with Crippen LogP contribution in [-0.4, -0.2) is 42.1 Å². The van der Waals surface area contributed by atoms with Crippen LogP contribution in [0.25, 0.3) is 0 Å². The van der Waals surface area contributed by atoms with E-state index in [2.05, 4.69) is 9.97 Å². The van der Waals surface area contributed by atoms with Gasteiger partial charge in [-0.2, -0.15) is 9.37 Å². The Labute approximate surface area is 88.1 Å². The molecule has 0 aliphatic heterocycles. The molecule has 0 aliphatic carbocycles. The Bertz CT molecular complexity index is 319. The summed E-state index contributed by atoms with van der Waals surface area (Å²) in [5.41, 5.74) is 5.30. The Kier molecular flexibility index (Phi) is 4.23. The lowest BCUT2D eigenvalue weighted by Crippen LogP contribution is -2.16. The van der Waals surface area contributed by atoms with E-state index >= 15 is 0 Å². The first-order valence-corrected chi connectivity index (χ1v) is 4.65. The highest BCUT2D eigenvalue weighted by Crippen LogP contribution is 2.12. The fourth-order valence-corrected chi connectivity index (χ4v) is 1.02. The maximum absolute atomic E-state index is 13.0. The average molecular weight is 214 g/mol. The van der Waals surface area contributed by atoms with Crippen LogP contribution >= 0.6 is 0 Å². The quantitative estimate of drug-likeness (QED) is 0.724. The number of nitrogens with zero attached hydrogens (tertiary/aromatic N) is 3. The summed E-state index contributed by atoms with van der Waals surface area (Å²) in [6, 6.07) is 0. The average Bonchev–Trinajstić information content (AvgIpc) is 2.17. The molecule has 0 bridgehead atoms. The van der Waals surface area contributed by atoms with Crippen molar-refractivity contribution in [2.75, 3.05) is 33.0 Å². The van der Waals surface area contributed by atoms with E-state index in [1.165, 1.54) is 0 Å². The van der Waals surface area contributed by atoms with E-state index in [-0.39, 0.29) is 11.8 Å². The molecule has 1 heterocycles. The Morgan fingerprint density at radius 2 is 2.27 bits per heavy atom. The van der Waals surface area contributed by atoms with Crippen LogP contribution in [0.1, 0.15) is 6.42 Å². The third kappa shape index (κ3) is 4.07. The summed E-state index contributed by atoms with van der Waals surface area (Å²) < 4.78 is 18.2. The Morgan fingerprint density at radius 1 is 1.53 bits per heavy atom. The molecule has 0 radical (unpaired) electrons. The zero-order valence-electron chi connectivity index (χ0n) is 8.90. The third-order valence-electron chi connectivity index (χ3n) is 1.72. The van der Waals surface area contributed by atoms with E-state index in [4.69, 9.17) is 10.5 Å². The Hall–Kier alpha value is -1.43. The van der Waals surface area contributed by atoms with Gasteiger partial charge in [-0.05, 0) is 20.5 Å². The summed E-state index contributed by atoms with van der Waals surface area (Å²) in [7, 11) is 3.92. The molecule has 1 rings (SSSR count). The number of ether oxygens (including phenoxy) is 1. The lowest BCUT2D eigenvalue weighted by atomic mass is 10.4. The number of hydrogen-bond acceptors (Lipinski definition) is 5. The van der Waals surface area contributed by atoms with Crippen LogP contribution in [0.15, 0.2) is 6.20 Å². The standard InChI is InChI=1S/C9H15FN4O/c1-14(2)4-3-5-15-8-7(10)6-12-9(11)13-8/h6H,3-5H2,1-2H3,(H2,11,12,13). The molecule has 0 unspecified atom stereocenters. The summed E-state index contributed by atoms with van der Waals surface area (Å²) in [5, 5.41) is 0. The van der Waals surface area contributed by atoms with Crippen molar-refractivity contribution >= 4 is 5.95 Å². The first-order valence-electron chi connectivity index (χ1n) is 4.65. The van der Waals surface area contributed by atoms with Gasteiger partial charge in [0.1, 0.15) is 0 Å². The number of nitrogens with two attached hydrogens (primary N) is 1. The largest absolute Gasteiger partial charge is 0.475 e. The third-order valence-corrected chi connectivity index (χ3v) is 1.72. The van der Waals surface area contributed by atoms with E-state index < -0.39 is 5.82 Å². The molecule has 2 N–H and O–H groups in total. The molecule has 0 atom stereocenters. The highest BCUT2D eigenvalue weighted by Gasteiger charge is 2.06. The van der Waals surface area contributed by atoms with Crippen LogP contribution in [-0.2, 0) is 0 Å². The molecule has 5 nitrogen and oxygen atoms in total. The van der Waals surface area contributed by atoms with Crippen LogP contribution in [0, 0.1) is 5.82 Å². The monoisotopic (exact) mass is 214 g/mol. The fourth-order valence-electron chi connectivity index (χ4n) is 1.02. The molecule has 0 fully saturated rings. The number of aromatic nitrogens is 2. The second-order valence-electron chi connectivity index (χ2n) is 3.39. The van der Waals surface area contributed by atoms with Crippen molar-refractivity contribution < 1.29 is 9.13 Å². The zero-order valence-corrected chi connectivity index (χ0v) is 8.90.